The lowest BCUT2D eigenvalue weighted by Gasteiger charge is -2.16. The van der Waals surface area contributed by atoms with E-state index in [1.807, 2.05) is 0 Å². The van der Waals surface area contributed by atoms with Crippen LogP contribution in [0.1, 0.15) is 28.3 Å². The Balaban J connectivity index is 1.57. The minimum atomic E-state index is -1.53. The maximum atomic E-state index is 5.38. The van der Waals surface area contributed by atoms with Crippen LogP contribution in [0.5, 0.6) is 0 Å². The summed E-state index contributed by atoms with van der Waals surface area (Å²) in [5.74, 6) is 0. The lowest BCUT2D eigenvalue weighted by atomic mass is 10.0. The Morgan fingerprint density at radius 1 is 0.426 bits per heavy atom. The largest absolute Gasteiger partial charge is 0.355 e. The monoisotopic (exact) mass is 624 g/mol. The van der Waals surface area contributed by atoms with Crippen molar-refractivity contribution in [3.63, 3.8) is 0 Å². The molecule has 47 heavy (non-hydrogen) atoms. The highest BCUT2D eigenvalue weighted by molar-refractivity contribution is 6.75. The molecule has 8 rings (SSSR count). The van der Waals surface area contributed by atoms with Crippen molar-refractivity contribution in [3.05, 3.63) is 144 Å². The van der Waals surface area contributed by atoms with Crippen molar-refractivity contribution in [3.8, 4) is 33.4 Å². The van der Waals surface area contributed by atoms with E-state index < -0.39 is 8.07 Å². The van der Waals surface area contributed by atoms with E-state index in [1.54, 1.807) is 0 Å². The molecule has 0 atom stereocenters. The van der Waals surface area contributed by atoms with Crippen LogP contribution in [-0.2, 0) is 6.04 Å². The molecule has 0 unspecified atom stereocenters. The van der Waals surface area contributed by atoms with Gasteiger partial charge in [-0.2, -0.15) is 0 Å². The number of hydrogen-bond acceptors (Lipinski definition) is 2. The first-order valence-electron chi connectivity index (χ1n) is 16.2. The third-order valence-electron chi connectivity index (χ3n) is 8.76. The fraction of sp³-hybridized carbons (Fsp3) is 0.0952. The summed E-state index contributed by atoms with van der Waals surface area (Å²) in [5, 5.41) is 0. The Kier molecular flexibility index (Phi) is 7.19. The van der Waals surface area contributed by atoms with Gasteiger partial charge in [-0.25, -0.2) is 9.97 Å². The van der Waals surface area contributed by atoms with Crippen molar-refractivity contribution in [1.29, 1.82) is 0 Å². The van der Waals surface area contributed by atoms with Crippen LogP contribution >= 0.6 is 0 Å². The number of nitrogens with one attached hydrogen (secondary N) is 2. The first-order valence-corrected chi connectivity index (χ1v) is 19.9. The summed E-state index contributed by atoms with van der Waals surface area (Å²) in [6.07, 6.45) is 8.68. The molecule has 228 valence electrons. The summed E-state index contributed by atoms with van der Waals surface area (Å²) < 4.78 is 0. The van der Waals surface area contributed by atoms with Gasteiger partial charge in [-0.1, -0.05) is 111 Å². The summed E-state index contributed by atoms with van der Waals surface area (Å²) >= 11 is 0. The van der Waals surface area contributed by atoms with Crippen LogP contribution < -0.4 is 0 Å². The summed E-state index contributed by atoms with van der Waals surface area (Å²) in [5.41, 5.74) is 15.9. The Bertz CT molecular complexity index is 2300. The molecule has 2 aliphatic rings. The van der Waals surface area contributed by atoms with E-state index in [0.717, 1.165) is 84.3 Å². The van der Waals surface area contributed by atoms with E-state index in [9.17, 15) is 0 Å². The maximum Gasteiger partial charge on any atom is 0.0737 e. The van der Waals surface area contributed by atoms with Gasteiger partial charge in [-0.3, -0.25) is 0 Å². The molecule has 0 saturated heterocycles. The zero-order valence-electron chi connectivity index (χ0n) is 26.9. The van der Waals surface area contributed by atoms with Gasteiger partial charge in [0.05, 0.1) is 22.8 Å². The van der Waals surface area contributed by atoms with E-state index in [2.05, 4.69) is 169 Å². The van der Waals surface area contributed by atoms with Crippen LogP contribution in [0.15, 0.2) is 115 Å². The molecule has 0 fully saturated rings. The highest BCUT2D eigenvalue weighted by Crippen LogP contribution is 2.37. The molecule has 0 radical (unpaired) electrons. The number of benzene rings is 3. The van der Waals surface area contributed by atoms with Crippen molar-refractivity contribution in [2.75, 3.05) is 0 Å². The highest BCUT2D eigenvalue weighted by atomic mass is 28.3. The fourth-order valence-electron chi connectivity index (χ4n) is 6.71. The first kappa shape index (κ1) is 28.9. The fourth-order valence-corrected chi connectivity index (χ4v) is 8.14. The third kappa shape index (κ3) is 5.60. The maximum absolute atomic E-state index is 5.38. The lowest BCUT2D eigenvalue weighted by Crippen LogP contribution is -2.24. The highest BCUT2D eigenvalue weighted by Gasteiger charge is 2.21. The zero-order chi connectivity index (χ0) is 32.0. The zero-order valence-corrected chi connectivity index (χ0v) is 27.9. The minimum absolute atomic E-state index is 0.924. The second-order valence-corrected chi connectivity index (χ2v) is 18.9. The van der Waals surface area contributed by atoms with Crippen LogP contribution in [0.4, 0.5) is 0 Å². The van der Waals surface area contributed by atoms with E-state index in [1.165, 1.54) is 5.56 Å². The Morgan fingerprint density at radius 2 is 0.766 bits per heavy atom. The summed E-state index contributed by atoms with van der Waals surface area (Å²) in [4.78, 5) is 18.4. The van der Waals surface area contributed by atoms with Gasteiger partial charge in [0.2, 0.25) is 0 Å². The number of rotatable bonds is 5. The molecule has 0 aliphatic carbocycles. The molecular weight excluding hydrogens is 589 g/mol. The lowest BCUT2D eigenvalue weighted by molar-refractivity contribution is 1.22. The quantitative estimate of drug-likeness (QED) is 0.187. The van der Waals surface area contributed by atoms with Crippen LogP contribution in [0.2, 0.25) is 19.6 Å². The summed E-state index contributed by atoms with van der Waals surface area (Å²) in [6.45, 7) is 7.27. The van der Waals surface area contributed by atoms with Crippen molar-refractivity contribution < 1.29 is 0 Å². The number of fused-ring (bicyclic) bond motifs is 8. The first-order chi connectivity index (χ1) is 22.9. The SMILES string of the molecule is C[Si](C)(C)Cc1c2nc(c(-c3ccccc3)c3ccc([nH]3)c(-c3ccccc3)c3nc(c(-c4ccccc4)c4ccc1[nH]4)C=C3)C=C2. The second-order valence-electron chi connectivity index (χ2n) is 13.4. The predicted octanol–water partition coefficient (Wildman–Crippen LogP) is 11.1. The van der Waals surface area contributed by atoms with Gasteiger partial charge in [-0.05, 0) is 76.9 Å². The normalized spacial score (nSPS) is 12.5. The molecule has 3 aromatic heterocycles. The number of aromatic amines is 2. The number of hydrogen-bond donors (Lipinski definition) is 2. The van der Waals surface area contributed by atoms with Crippen molar-refractivity contribution in [1.82, 2.24) is 19.9 Å². The topological polar surface area (TPSA) is 57.4 Å². The van der Waals surface area contributed by atoms with Gasteiger partial charge < -0.3 is 9.97 Å². The average Bonchev–Trinajstić information content (AvgIpc) is 3.91. The van der Waals surface area contributed by atoms with Gasteiger partial charge >= 0.3 is 0 Å². The molecule has 8 bridgehead atoms. The van der Waals surface area contributed by atoms with Gasteiger partial charge in [-0.15, -0.1) is 0 Å². The third-order valence-corrected chi connectivity index (χ3v) is 10.2. The van der Waals surface area contributed by atoms with Crippen LogP contribution in [0.25, 0.3) is 79.8 Å². The Hall–Kier alpha value is -5.52. The van der Waals surface area contributed by atoms with E-state index in [-0.39, 0.29) is 0 Å². The molecule has 5 heteroatoms. The standard InChI is InChI=1S/C42H36N4Si/c1-47(2,3)27-31-32-19-21-34(43-32)40(28-13-7-4-8-14-28)36-23-25-38(45-36)42(30-17-11-6-12-18-30)39-26-24-37(46-39)41(29-15-9-5-10-16-29)35-22-20-33(31)44-35/h4-26,43,46H,27H2,1-3H3. The molecule has 0 spiro atoms. The molecule has 4 nitrogen and oxygen atoms in total. The molecule has 5 heterocycles. The summed E-state index contributed by atoms with van der Waals surface area (Å²) in [7, 11) is -1.53. The van der Waals surface area contributed by atoms with Gasteiger partial charge in [0.15, 0.2) is 0 Å². The number of H-pyrrole nitrogens is 2. The molecular formula is C42H36N4Si. The van der Waals surface area contributed by atoms with Gasteiger partial charge in [0, 0.05) is 46.8 Å². The molecule has 2 N–H and O–H groups in total. The second kappa shape index (κ2) is 11.7. The Labute approximate surface area is 276 Å². The van der Waals surface area contributed by atoms with Gasteiger partial charge in [0.25, 0.3) is 0 Å². The van der Waals surface area contributed by atoms with Crippen LogP contribution in [0.3, 0.4) is 0 Å². The molecule has 2 aliphatic heterocycles. The average molecular weight is 625 g/mol. The van der Waals surface area contributed by atoms with Crippen LogP contribution in [0, 0.1) is 0 Å². The molecule has 0 amide bonds. The van der Waals surface area contributed by atoms with E-state index >= 15 is 0 Å². The van der Waals surface area contributed by atoms with Crippen molar-refractivity contribution >= 4 is 54.4 Å². The van der Waals surface area contributed by atoms with E-state index in [4.69, 9.17) is 9.97 Å². The summed E-state index contributed by atoms with van der Waals surface area (Å²) in [6, 6.07) is 41.5. The predicted molar refractivity (Wildman–Crippen MR) is 202 cm³/mol. The molecule has 3 aromatic carbocycles. The van der Waals surface area contributed by atoms with Crippen molar-refractivity contribution in [2.45, 2.75) is 25.7 Å². The molecule has 6 aromatic rings. The number of nitrogens with zero attached hydrogens (tertiary/aromatic N) is 2. The van der Waals surface area contributed by atoms with E-state index in [0.29, 0.717) is 0 Å². The van der Waals surface area contributed by atoms with Crippen molar-refractivity contribution in [2.24, 2.45) is 0 Å². The Morgan fingerprint density at radius 3 is 1.17 bits per heavy atom. The van der Waals surface area contributed by atoms with Gasteiger partial charge in [0.1, 0.15) is 0 Å². The molecule has 0 saturated carbocycles. The number of aromatic nitrogens is 4. The smallest absolute Gasteiger partial charge is 0.0737 e. The van der Waals surface area contributed by atoms with Crippen LogP contribution in [-0.4, -0.2) is 28.0 Å². The minimum Gasteiger partial charge on any atom is -0.355 e.